The molecule has 68 valence electrons. The summed E-state index contributed by atoms with van der Waals surface area (Å²) in [5.41, 5.74) is 0.775. The van der Waals surface area contributed by atoms with E-state index >= 15 is 0 Å². The Morgan fingerprint density at radius 2 is 2.46 bits per heavy atom. The van der Waals surface area contributed by atoms with E-state index in [0.29, 0.717) is 5.01 Å². The Balaban J connectivity index is 2.28. The number of aliphatic hydroxyl groups excluding tert-OH is 1. The lowest BCUT2D eigenvalue weighted by atomic mass is 10.2. The summed E-state index contributed by atoms with van der Waals surface area (Å²) in [4.78, 5) is 4.03. The average Bonchev–Trinajstić information content (AvgIpc) is 2.72. The molecule has 0 saturated heterocycles. The highest BCUT2D eigenvalue weighted by Gasteiger charge is 2.13. The SMILES string of the molecule is Cn1cc(C(O)c2nccs2)cn1. The maximum absolute atomic E-state index is 9.79. The van der Waals surface area contributed by atoms with Crippen molar-refractivity contribution in [2.75, 3.05) is 0 Å². The molecule has 0 aliphatic carbocycles. The number of hydrogen-bond acceptors (Lipinski definition) is 4. The fourth-order valence-electron chi connectivity index (χ4n) is 1.09. The maximum Gasteiger partial charge on any atom is 0.134 e. The van der Waals surface area contributed by atoms with Crippen LogP contribution in [-0.4, -0.2) is 19.9 Å². The quantitative estimate of drug-likeness (QED) is 0.776. The Morgan fingerprint density at radius 3 is 3.00 bits per heavy atom. The summed E-state index contributed by atoms with van der Waals surface area (Å²) in [5, 5.41) is 16.3. The molecule has 0 aliphatic rings. The Bertz CT molecular complexity index is 382. The van der Waals surface area contributed by atoms with E-state index in [4.69, 9.17) is 0 Å². The second-order valence-corrected chi connectivity index (χ2v) is 3.65. The summed E-state index contributed by atoms with van der Waals surface area (Å²) in [7, 11) is 1.82. The number of rotatable bonds is 2. The van der Waals surface area contributed by atoms with Crippen molar-refractivity contribution in [3.05, 3.63) is 34.5 Å². The number of aliphatic hydroxyl groups is 1. The first-order valence-corrected chi connectivity index (χ1v) is 4.71. The first-order valence-electron chi connectivity index (χ1n) is 3.83. The van der Waals surface area contributed by atoms with Gasteiger partial charge in [0.15, 0.2) is 0 Å². The minimum Gasteiger partial charge on any atom is -0.381 e. The van der Waals surface area contributed by atoms with Crippen LogP contribution in [0.15, 0.2) is 24.0 Å². The zero-order valence-electron chi connectivity index (χ0n) is 7.08. The summed E-state index contributed by atoms with van der Waals surface area (Å²) in [6.07, 6.45) is 4.46. The number of aryl methyl sites for hydroxylation is 1. The molecular weight excluding hydrogens is 186 g/mol. The van der Waals surface area contributed by atoms with Crippen molar-refractivity contribution in [3.8, 4) is 0 Å². The van der Waals surface area contributed by atoms with Crippen molar-refractivity contribution >= 4 is 11.3 Å². The van der Waals surface area contributed by atoms with Gasteiger partial charge in [-0.2, -0.15) is 5.10 Å². The summed E-state index contributed by atoms with van der Waals surface area (Å²) < 4.78 is 1.66. The summed E-state index contributed by atoms with van der Waals surface area (Å²) in [6, 6.07) is 0. The molecule has 0 aromatic carbocycles. The van der Waals surface area contributed by atoms with Gasteiger partial charge < -0.3 is 5.11 Å². The molecule has 0 radical (unpaired) electrons. The van der Waals surface area contributed by atoms with E-state index in [1.54, 1.807) is 23.3 Å². The second-order valence-electron chi connectivity index (χ2n) is 2.72. The number of thiazole rings is 1. The van der Waals surface area contributed by atoms with Gasteiger partial charge in [-0.1, -0.05) is 0 Å². The van der Waals surface area contributed by atoms with Gasteiger partial charge in [0.25, 0.3) is 0 Å². The van der Waals surface area contributed by atoms with Gasteiger partial charge in [-0.3, -0.25) is 4.68 Å². The van der Waals surface area contributed by atoms with Gasteiger partial charge in [0.2, 0.25) is 0 Å². The van der Waals surface area contributed by atoms with Gasteiger partial charge in [-0.15, -0.1) is 11.3 Å². The number of hydrogen-bond donors (Lipinski definition) is 1. The molecule has 2 rings (SSSR count). The molecule has 2 aromatic heterocycles. The highest BCUT2D eigenvalue weighted by molar-refractivity contribution is 7.09. The fraction of sp³-hybridized carbons (Fsp3) is 0.250. The standard InChI is InChI=1S/C8H9N3OS/c1-11-5-6(4-10-11)7(12)8-9-2-3-13-8/h2-5,7,12H,1H3. The van der Waals surface area contributed by atoms with Crippen molar-refractivity contribution in [2.24, 2.45) is 7.05 Å². The van der Waals surface area contributed by atoms with Crippen molar-refractivity contribution in [1.82, 2.24) is 14.8 Å². The van der Waals surface area contributed by atoms with Crippen LogP contribution in [0.3, 0.4) is 0 Å². The van der Waals surface area contributed by atoms with E-state index in [9.17, 15) is 5.11 Å². The van der Waals surface area contributed by atoms with Crippen LogP contribution in [0.4, 0.5) is 0 Å². The van der Waals surface area contributed by atoms with E-state index in [0.717, 1.165) is 5.56 Å². The Kier molecular flexibility index (Phi) is 2.12. The van der Waals surface area contributed by atoms with Crippen LogP contribution in [0.5, 0.6) is 0 Å². The van der Waals surface area contributed by atoms with Crippen LogP contribution < -0.4 is 0 Å². The fourth-order valence-corrected chi connectivity index (χ4v) is 1.74. The van der Waals surface area contributed by atoms with Crippen LogP contribution in [-0.2, 0) is 7.05 Å². The van der Waals surface area contributed by atoms with Crippen molar-refractivity contribution in [1.29, 1.82) is 0 Å². The number of nitrogens with zero attached hydrogens (tertiary/aromatic N) is 3. The average molecular weight is 195 g/mol. The van der Waals surface area contributed by atoms with Crippen molar-refractivity contribution in [2.45, 2.75) is 6.10 Å². The molecule has 1 unspecified atom stereocenters. The molecule has 0 spiro atoms. The molecule has 13 heavy (non-hydrogen) atoms. The van der Waals surface area contributed by atoms with Crippen molar-refractivity contribution < 1.29 is 5.11 Å². The van der Waals surface area contributed by atoms with Crippen LogP contribution in [0.1, 0.15) is 16.7 Å². The van der Waals surface area contributed by atoms with Gasteiger partial charge in [-0.05, 0) is 0 Å². The molecular formula is C8H9N3OS. The highest BCUT2D eigenvalue weighted by atomic mass is 32.1. The lowest BCUT2D eigenvalue weighted by Crippen LogP contribution is -1.96. The van der Waals surface area contributed by atoms with Gasteiger partial charge >= 0.3 is 0 Å². The predicted molar refractivity (Wildman–Crippen MR) is 49.4 cm³/mol. The van der Waals surface area contributed by atoms with Gasteiger partial charge in [0.1, 0.15) is 11.1 Å². The van der Waals surface area contributed by atoms with Crippen molar-refractivity contribution in [3.63, 3.8) is 0 Å². The lowest BCUT2D eigenvalue weighted by molar-refractivity contribution is 0.219. The van der Waals surface area contributed by atoms with Gasteiger partial charge in [0.05, 0.1) is 6.20 Å². The molecule has 5 heteroatoms. The minimum atomic E-state index is -0.645. The molecule has 2 heterocycles. The molecule has 0 aliphatic heterocycles. The maximum atomic E-state index is 9.79. The first kappa shape index (κ1) is 8.40. The molecule has 1 atom stereocenters. The van der Waals surface area contributed by atoms with E-state index in [1.165, 1.54) is 11.3 Å². The molecule has 0 bridgehead atoms. The largest absolute Gasteiger partial charge is 0.381 e. The van der Waals surface area contributed by atoms with Crippen LogP contribution in [0.2, 0.25) is 0 Å². The number of aromatic nitrogens is 3. The smallest absolute Gasteiger partial charge is 0.134 e. The molecule has 0 fully saturated rings. The predicted octanol–water partition coefficient (Wildman–Crippen LogP) is 0.958. The monoisotopic (exact) mass is 195 g/mol. The molecule has 2 aromatic rings. The van der Waals surface area contributed by atoms with E-state index < -0.39 is 6.10 Å². The Hall–Kier alpha value is -1.20. The molecule has 0 saturated carbocycles. The van der Waals surface area contributed by atoms with Crippen LogP contribution in [0, 0.1) is 0 Å². The van der Waals surface area contributed by atoms with E-state index in [-0.39, 0.29) is 0 Å². The summed E-state index contributed by atoms with van der Waals surface area (Å²) in [5.74, 6) is 0. The van der Waals surface area contributed by atoms with Gasteiger partial charge in [-0.25, -0.2) is 4.98 Å². The zero-order chi connectivity index (χ0) is 9.26. The van der Waals surface area contributed by atoms with E-state index in [1.807, 2.05) is 12.4 Å². The summed E-state index contributed by atoms with van der Waals surface area (Å²) >= 11 is 1.44. The van der Waals surface area contributed by atoms with Gasteiger partial charge in [0, 0.05) is 30.4 Å². The zero-order valence-corrected chi connectivity index (χ0v) is 7.90. The third-order valence-corrected chi connectivity index (χ3v) is 2.55. The molecule has 4 nitrogen and oxygen atoms in total. The first-order chi connectivity index (χ1) is 6.27. The third kappa shape index (κ3) is 1.61. The van der Waals surface area contributed by atoms with E-state index in [2.05, 4.69) is 10.1 Å². The van der Waals surface area contributed by atoms with Crippen LogP contribution in [0.25, 0.3) is 0 Å². The second kappa shape index (κ2) is 3.27. The Labute approximate surface area is 79.5 Å². The molecule has 0 amide bonds. The normalized spacial score (nSPS) is 13.1. The molecule has 1 N–H and O–H groups in total. The topological polar surface area (TPSA) is 50.9 Å². The highest BCUT2D eigenvalue weighted by Crippen LogP contribution is 2.22. The summed E-state index contributed by atoms with van der Waals surface area (Å²) in [6.45, 7) is 0. The third-order valence-electron chi connectivity index (χ3n) is 1.73. The Morgan fingerprint density at radius 1 is 1.62 bits per heavy atom. The minimum absolute atomic E-state index is 0.645. The van der Waals surface area contributed by atoms with Crippen LogP contribution >= 0.6 is 11.3 Å². The lowest BCUT2D eigenvalue weighted by Gasteiger charge is -2.02.